The molecule has 2 aromatic rings. The Morgan fingerprint density at radius 2 is 2.10 bits per heavy atom. The molecular weight excluding hydrogens is 412 g/mol. The summed E-state index contributed by atoms with van der Waals surface area (Å²) in [5.41, 5.74) is 7.09. The Morgan fingerprint density at radius 1 is 1.30 bits per heavy atom. The van der Waals surface area contributed by atoms with Crippen LogP contribution in [0, 0.1) is 0 Å². The van der Waals surface area contributed by atoms with E-state index in [1.807, 2.05) is 0 Å². The predicted molar refractivity (Wildman–Crippen MR) is 105 cm³/mol. The van der Waals surface area contributed by atoms with E-state index < -0.39 is 23.9 Å². The average Bonchev–Trinajstić information content (AvgIpc) is 3.03. The van der Waals surface area contributed by atoms with E-state index in [1.54, 1.807) is 18.2 Å². The molecule has 1 fully saturated rings. The zero-order valence-electron chi connectivity index (χ0n) is 15.6. The minimum atomic E-state index is -0.986. The molecule has 0 spiro atoms. The summed E-state index contributed by atoms with van der Waals surface area (Å²) in [5, 5.41) is 5.19. The number of amides is 4. The second-order valence-corrected chi connectivity index (χ2v) is 7.30. The zero-order chi connectivity index (χ0) is 21.4. The highest BCUT2D eigenvalue weighted by atomic mass is 35.5. The molecule has 0 radical (unpaired) electrons. The van der Waals surface area contributed by atoms with Gasteiger partial charge in [0.15, 0.2) is 0 Å². The van der Waals surface area contributed by atoms with Crippen LogP contribution in [0.3, 0.4) is 0 Å². The first-order valence-corrected chi connectivity index (χ1v) is 9.54. The molecule has 0 saturated carbocycles. The van der Waals surface area contributed by atoms with E-state index >= 15 is 0 Å². The summed E-state index contributed by atoms with van der Waals surface area (Å²) in [6.45, 7) is 0.118. The number of fused-ring (bicyclic) bond motifs is 1. The molecule has 4 amide bonds. The number of nitrogens with zero attached hydrogens (tertiary/aromatic N) is 3. The van der Waals surface area contributed by atoms with Crippen molar-refractivity contribution in [3.8, 4) is 0 Å². The molecule has 3 heterocycles. The number of hydrogen-bond donors (Lipinski definition) is 3. The number of primary amides is 1. The van der Waals surface area contributed by atoms with Crippen LogP contribution in [0.25, 0.3) is 0 Å². The lowest BCUT2D eigenvalue weighted by Gasteiger charge is -2.29. The molecule has 30 heavy (non-hydrogen) atoms. The fraction of sp³-hybridized carbons (Fsp3) is 0.263. The molecule has 154 valence electrons. The van der Waals surface area contributed by atoms with Crippen molar-refractivity contribution in [3.63, 3.8) is 0 Å². The molecule has 4 rings (SSSR count). The third-order valence-corrected chi connectivity index (χ3v) is 5.31. The zero-order valence-corrected chi connectivity index (χ0v) is 16.3. The number of imide groups is 1. The summed E-state index contributed by atoms with van der Waals surface area (Å²) < 4.78 is 0. The number of carbonyl (C=O) groups is 4. The minimum Gasteiger partial charge on any atom is -0.368 e. The summed E-state index contributed by atoms with van der Waals surface area (Å²) >= 11 is 5.80. The second-order valence-electron chi connectivity index (χ2n) is 6.96. The van der Waals surface area contributed by atoms with Gasteiger partial charge in [-0.1, -0.05) is 12.1 Å². The number of anilines is 1. The molecule has 1 saturated heterocycles. The van der Waals surface area contributed by atoms with E-state index in [1.165, 1.54) is 17.2 Å². The maximum atomic E-state index is 13.0. The van der Waals surface area contributed by atoms with Gasteiger partial charge in [-0.3, -0.25) is 24.5 Å². The number of piperidine rings is 1. The monoisotopic (exact) mass is 428 g/mol. The van der Waals surface area contributed by atoms with Gasteiger partial charge in [0.25, 0.3) is 5.91 Å². The summed E-state index contributed by atoms with van der Waals surface area (Å²) in [5.74, 6) is -1.58. The number of rotatable bonds is 5. The van der Waals surface area contributed by atoms with Gasteiger partial charge < -0.3 is 16.0 Å². The first kappa shape index (κ1) is 19.8. The van der Waals surface area contributed by atoms with E-state index in [0.717, 1.165) is 0 Å². The lowest BCUT2D eigenvalue weighted by molar-refractivity contribution is -0.137. The molecule has 0 aliphatic carbocycles. The summed E-state index contributed by atoms with van der Waals surface area (Å²) in [6.07, 6.45) is 1.83. The maximum Gasteiger partial charge on any atom is 0.255 e. The normalized spacial score (nSPS) is 19.3. The SMILES string of the molecule is NC(=O)C(Nc1ccnc(Cl)n1)c1cccc2c1CN(C1CCC(=O)NC1=O)C2=O. The number of carbonyl (C=O) groups excluding carboxylic acids is 4. The molecular formula is C19H17ClN6O4. The van der Waals surface area contributed by atoms with Gasteiger partial charge >= 0.3 is 0 Å². The number of nitrogens with one attached hydrogen (secondary N) is 2. The highest BCUT2D eigenvalue weighted by Gasteiger charge is 2.40. The van der Waals surface area contributed by atoms with E-state index in [2.05, 4.69) is 20.6 Å². The largest absolute Gasteiger partial charge is 0.368 e. The minimum absolute atomic E-state index is 0.000668. The van der Waals surface area contributed by atoms with Gasteiger partial charge in [0.1, 0.15) is 17.9 Å². The first-order valence-electron chi connectivity index (χ1n) is 9.16. The van der Waals surface area contributed by atoms with Crippen LogP contribution < -0.4 is 16.4 Å². The van der Waals surface area contributed by atoms with Crippen LogP contribution in [0.4, 0.5) is 5.82 Å². The van der Waals surface area contributed by atoms with Crippen molar-refractivity contribution >= 4 is 41.0 Å². The molecule has 2 aliphatic heterocycles. The van der Waals surface area contributed by atoms with Crippen molar-refractivity contribution in [1.29, 1.82) is 0 Å². The first-order chi connectivity index (χ1) is 14.3. The number of nitrogens with two attached hydrogens (primary N) is 1. The van der Waals surface area contributed by atoms with Crippen LogP contribution in [-0.2, 0) is 20.9 Å². The summed E-state index contributed by atoms with van der Waals surface area (Å²) in [6, 6.07) is 4.76. The molecule has 2 atom stereocenters. The standard InChI is InChI=1S/C19H17ClN6O4/c20-19-22-7-6-13(24-19)23-15(16(21)28)9-2-1-3-10-11(9)8-26(18(10)30)12-4-5-14(27)25-17(12)29/h1-3,6-7,12,15H,4-5,8H2,(H2,21,28)(H,22,23,24)(H,25,27,29). The Morgan fingerprint density at radius 3 is 2.80 bits per heavy atom. The highest BCUT2D eigenvalue weighted by Crippen LogP contribution is 2.33. The second kappa shape index (κ2) is 7.71. The van der Waals surface area contributed by atoms with Gasteiger partial charge in [0.05, 0.1) is 0 Å². The van der Waals surface area contributed by atoms with Gasteiger partial charge in [0.2, 0.25) is 23.0 Å². The van der Waals surface area contributed by atoms with E-state index in [0.29, 0.717) is 22.5 Å². The Balaban J connectivity index is 1.66. The molecule has 2 aliphatic rings. The Bertz CT molecular complexity index is 1070. The Kier molecular flexibility index (Phi) is 5.08. The van der Waals surface area contributed by atoms with Gasteiger partial charge in [-0.15, -0.1) is 0 Å². The van der Waals surface area contributed by atoms with Crippen LogP contribution in [0.2, 0.25) is 5.28 Å². The maximum absolute atomic E-state index is 13.0. The van der Waals surface area contributed by atoms with Crippen molar-refractivity contribution < 1.29 is 19.2 Å². The van der Waals surface area contributed by atoms with Crippen molar-refractivity contribution in [2.24, 2.45) is 5.73 Å². The number of halogens is 1. The fourth-order valence-electron chi connectivity index (χ4n) is 3.75. The highest BCUT2D eigenvalue weighted by molar-refractivity contribution is 6.28. The van der Waals surface area contributed by atoms with Crippen LogP contribution in [0.1, 0.15) is 40.4 Å². The van der Waals surface area contributed by atoms with Crippen molar-refractivity contribution in [2.75, 3.05) is 5.32 Å². The summed E-state index contributed by atoms with van der Waals surface area (Å²) in [7, 11) is 0. The lowest BCUT2D eigenvalue weighted by atomic mass is 9.96. The van der Waals surface area contributed by atoms with Gasteiger partial charge in [0, 0.05) is 24.7 Å². The van der Waals surface area contributed by atoms with Crippen LogP contribution in [0.5, 0.6) is 0 Å². The predicted octanol–water partition coefficient (Wildman–Crippen LogP) is 0.529. The average molecular weight is 429 g/mol. The van der Waals surface area contributed by atoms with Gasteiger partial charge in [-0.25, -0.2) is 9.97 Å². The third-order valence-electron chi connectivity index (χ3n) is 5.13. The van der Waals surface area contributed by atoms with Crippen molar-refractivity contribution in [3.05, 3.63) is 52.4 Å². The van der Waals surface area contributed by atoms with Gasteiger partial charge in [-0.2, -0.15) is 0 Å². The quantitative estimate of drug-likeness (QED) is 0.464. The smallest absolute Gasteiger partial charge is 0.255 e. The molecule has 1 aromatic heterocycles. The van der Waals surface area contributed by atoms with Gasteiger partial charge in [-0.05, 0) is 41.3 Å². The Labute approximate surface area is 175 Å². The lowest BCUT2D eigenvalue weighted by Crippen LogP contribution is -2.52. The molecule has 2 unspecified atom stereocenters. The van der Waals surface area contributed by atoms with E-state index in [4.69, 9.17) is 17.3 Å². The molecule has 10 nitrogen and oxygen atoms in total. The number of aromatic nitrogens is 2. The molecule has 1 aromatic carbocycles. The van der Waals surface area contributed by atoms with Crippen LogP contribution in [0.15, 0.2) is 30.5 Å². The third kappa shape index (κ3) is 3.57. The number of hydrogen-bond acceptors (Lipinski definition) is 7. The fourth-order valence-corrected chi connectivity index (χ4v) is 3.89. The molecule has 0 bridgehead atoms. The van der Waals surface area contributed by atoms with E-state index in [-0.39, 0.29) is 36.5 Å². The topological polar surface area (TPSA) is 147 Å². The Hall–Kier alpha value is -3.53. The summed E-state index contributed by atoms with van der Waals surface area (Å²) in [4.78, 5) is 58.1. The van der Waals surface area contributed by atoms with Crippen LogP contribution in [-0.4, -0.2) is 44.5 Å². The van der Waals surface area contributed by atoms with E-state index in [9.17, 15) is 19.2 Å². The number of benzene rings is 1. The molecule has 11 heteroatoms. The molecule has 4 N–H and O–H groups in total. The van der Waals surface area contributed by atoms with Crippen LogP contribution >= 0.6 is 11.6 Å². The van der Waals surface area contributed by atoms with Crippen molar-refractivity contribution in [2.45, 2.75) is 31.5 Å². The van der Waals surface area contributed by atoms with Crippen molar-refractivity contribution in [1.82, 2.24) is 20.2 Å².